The van der Waals surface area contributed by atoms with Gasteiger partial charge in [-0.3, -0.25) is 10.1 Å². The average Bonchev–Trinajstić information content (AvgIpc) is 2.62. The summed E-state index contributed by atoms with van der Waals surface area (Å²) in [5.74, 6) is -2.99. The molecule has 1 aliphatic heterocycles. The van der Waals surface area contributed by atoms with Gasteiger partial charge in [0.25, 0.3) is 5.92 Å². The maximum atomic E-state index is 13.0. The number of hydrogen-bond acceptors (Lipinski definition) is 2. The molecule has 0 aromatic carbocycles. The van der Waals surface area contributed by atoms with Crippen molar-refractivity contribution in [2.24, 2.45) is 0 Å². The monoisotopic (exact) mass is 260 g/mol. The first kappa shape index (κ1) is 13.7. The number of alkyl halides is 2. The van der Waals surface area contributed by atoms with Crippen molar-refractivity contribution in [1.29, 1.82) is 0 Å². The zero-order chi connectivity index (χ0) is 13.0. The molecule has 2 fully saturated rings. The van der Waals surface area contributed by atoms with Crippen LogP contribution < -0.4 is 10.6 Å². The lowest BCUT2D eigenvalue weighted by Crippen LogP contribution is -2.45. The third-order valence-corrected chi connectivity index (χ3v) is 3.88. The highest BCUT2D eigenvalue weighted by Crippen LogP contribution is 2.25. The van der Waals surface area contributed by atoms with E-state index in [1.54, 1.807) is 0 Å². The minimum Gasteiger partial charge on any atom is -0.352 e. The lowest BCUT2D eigenvalue weighted by atomic mass is 9.96. The van der Waals surface area contributed by atoms with Gasteiger partial charge in [0.15, 0.2) is 0 Å². The van der Waals surface area contributed by atoms with Gasteiger partial charge in [-0.25, -0.2) is 8.78 Å². The van der Waals surface area contributed by atoms with Crippen LogP contribution in [-0.2, 0) is 4.79 Å². The first-order valence-electron chi connectivity index (χ1n) is 6.98. The number of carbonyl (C=O) groups excluding carboxylic acids is 1. The van der Waals surface area contributed by atoms with Crippen LogP contribution in [0.2, 0.25) is 0 Å². The second-order valence-electron chi connectivity index (χ2n) is 5.54. The van der Waals surface area contributed by atoms with Crippen LogP contribution >= 0.6 is 0 Å². The predicted molar refractivity (Wildman–Crippen MR) is 65.6 cm³/mol. The molecule has 1 atom stereocenters. The molecule has 0 bridgehead atoms. The van der Waals surface area contributed by atoms with Crippen molar-refractivity contribution < 1.29 is 13.6 Å². The lowest BCUT2D eigenvalue weighted by molar-refractivity contribution is -0.124. The fourth-order valence-electron chi connectivity index (χ4n) is 2.80. The fourth-order valence-corrected chi connectivity index (χ4v) is 2.80. The third-order valence-electron chi connectivity index (χ3n) is 3.88. The van der Waals surface area contributed by atoms with Gasteiger partial charge in [0, 0.05) is 12.5 Å². The van der Waals surface area contributed by atoms with E-state index < -0.39 is 12.0 Å². The van der Waals surface area contributed by atoms with E-state index in [0.29, 0.717) is 0 Å². The van der Waals surface area contributed by atoms with Crippen LogP contribution in [0.5, 0.6) is 0 Å². The van der Waals surface area contributed by atoms with E-state index in [4.69, 9.17) is 0 Å². The molecule has 5 heteroatoms. The zero-order valence-corrected chi connectivity index (χ0v) is 10.7. The molecule has 104 valence electrons. The Bertz CT molecular complexity index is 289. The molecule has 3 nitrogen and oxygen atoms in total. The van der Waals surface area contributed by atoms with E-state index in [-0.39, 0.29) is 24.9 Å². The molecule has 1 saturated carbocycles. The van der Waals surface area contributed by atoms with E-state index in [2.05, 4.69) is 10.6 Å². The Morgan fingerprint density at radius 3 is 2.28 bits per heavy atom. The van der Waals surface area contributed by atoms with Gasteiger partial charge in [-0.05, 0) is 12.8 Å². The van der Waals surface area contributed by atoms with E-state index in [0.717, 1.165) is 25.7 Å². The molecule has 0 spiro atoms. The molecule has 2 aliphatic rings. The van der Waals surface area contributed by atoms with Crippen molar-refractivity contribution >= 4 is 5.91 Å². The normalized spacial score (nSPS) is 29.6. The predicted octanol–water partition coefficient (Wildman–Crippen LogP) is 2.21. The summed E-state index contributed by atoms with van der Waals surface area (Å²) in [6.07, 6.45) is 7.54. The number of carbonyl (C=O) groups is 1. The van der Waals surface area contributed by atoms with E-state index in [1.807, 2.05) is 0 Å². The zero-order valence-electron chi connectivity index (χ0n) is 10.7. The molecule has 2 rings (SSSR count). The first-order valence-corrected chi connectivity index (χ1v) is 6.98. The SMILES string of the molecule is O=C(NC1CCCCCCC1)C1CC(F)(F)CN1. The van der Waals surface area contributed by atoms with Gasteiger partial charge < -0.3 is 5.32 Å². The van der Waals surface area contributed by atoms with Gasteiger partial charge in [0.2, 0.25) is 5.91 Å². The van der Waals surface area contributed by atoms with Crippen LogP contribution in [0.3, 0.4) is 0 Å². The van der Waals surface area contributed by atoms with Gasteiger partial charge in [0.1, 0.15) is 0 Å². The molecule has 2 N–H and O–H groups in total. The molecular weight excluding hydrogens is 238 g/mol. The smallest absolute Gasteiger partial charge is 0.262 e. The summed E-state index contributed by atoms with van der Waals surface area (Å²) in [6, 6.07) is -0.542. The van der Waals surface area contributed by atoms with Gasteiger partial charge in [0.05, 0.1) is 12.6 Å². The van der Waals surface area contributed by atoms with Crippen LogP contribution in [-0.4, -0.2) is 30.5 Å². The summed E-state index contributed by atoms with van der Waals surface area (Å²) in [6.45, 7) is -0.379. The second-order valence-corrected chi connectivity index (χ2v) is 5.54. The van der Waals surface area contributed by atoms with E-state index in [1.165, 1.54) is 19.3 Å². The highest BCUT2D eigenvalue weighted by molar-refractivity contribution is 5.82. The Kier molecular flexibility index (Phi) is 4.54. The highest BCUT2D eigenvalue weighted by atomic mass is 19.3. The topological polar surface area (TPSA) is 41.1 Å². The van der Waals surface area contributed by atoms with Gasteiger partial charge >= 0.3 is 0 Å². The molecule has 1 unspecified atom stereocenters. The fraction of sp³-hybridized carbons (Fsp3) is 0.923. The van der Waals surface area contributed by atoms with Crippen LogP contribution in [0.15, 0.2) is 0 Å². The number of halogens is 2. The molecule has 1 heterocycles. The maximum absolute atomic E-state index is 13.0. The van der Waals surface area contributed by atoms with Crippen molar-refractivity contribution in [3.63, 3.8) is 0 Å². The largest absolute Gasteiger partial charge is 0.352 e. The standard InChI is InChI=1S/C13H22F2N2O/c14-13(15)8-11(16-9-13)12(18)17-10-6-4-2-1-3-5-7-10/h10-11,16H,1-9H2,(H,17,18). The van der Waals surface area contributed by atoms with E-state index >= 15 is 0 Å². The van der Waals surface area contributed by atoms with Crippen LogP contribution in [0.4, 0.5) is 8.78 Å². The van der Waals surface area contributed by atoms with Gasteiger partial charge in [-0.15, -0.1) is 0 Å². The van der Waals surface area contributed by atoms with Crippen molar-refractivity contribution in [2.75, 3.05) is 6.54 Å². The Balaban J connectivity index is 1.79. The summed E-state index contributed by atoms with van der Waals surface area (Å²) < 4.78 is 26.0. The summed E-state index contributed by atoms with van der Waals surface area (Å²) >= 11 is 0. The van der Waals surface area contributed by atoms with Crippen molar-refractivity contribution in [3.05, 3.63) is 0 Å². The Labute approximate surface area is 107 Å². The molecule has 18 heavy (non-hydrogen) atoms. The first-order chi connectivity index (χ1) is 8.57. The molecule has 0 aromatic rings. The molecule has 1 saturated heterocycles. The summed E-state index contributed by atoms with van der Waals surface area (Å²) in [4.78, 5) is 11.9. The minimum absolute atomic E-state index is 0.175. The summed E-state index contributed by atoms with van der Waals surface area (Å²) in [5.41, 5.74) is 0. The Morgan fingerprint density at radius 2 is 1.72 bits per heavy atom. The van der Waals surface area contributed by atoms with Crippen LogP contribution in [0, 0.1) is 0 Å². The summed E-state index contributed by atoms with van der Waals surface area (Å²) in [5, 5.41) is 5.53. The molecule has 0 radical (unpaired) electrons. The second kappa shape index (κ2) is 5.95. The third kappa shape index (κ3) is 3.90. The highest BCUT2D eigenvalue weighted by Gasteiger charge is 2.42. The Hall–Kier alpha value is -0.710. The van der Waals surface area contributed by atoms with Crippen molar-refractivity contribution in [2.45, 2.75) is 69.4 Å². The molecule has 0 aromatic heterocycles. The maximum Gasteiger partial charge on any atom is 0.262 e. The average molecular weight is 260 g/mol. The van der Waals surface area contributed by atoms with Gasteiger partial charge in [-0.2, -0.15) is 0 Å². The van der Waals surface area contributed by atoms with Crippen LogP contribution in [0.25, 0.3) is 0 Å². The van der Waals surface area contributed by atoms with E-state index in [9.17, 15) is 13.6 Å². The quantitative estimate of drug-likeness (QED) is 0.799. The molecular formula is C13H22F2N2O. The number of nitrogens with one attached hydrogen (secondary N) is 2. The van der Waals surface area contributed by atoms with Crippen LogP contribution in [0.1, 0.15) is 51.4 Å². The van der Waals surface area contributed by atoms with Gasteiger partial charge in [-0.1, -0.05) is 32.1 Å². The molecule has 1 amide bonds. The minimum atomic E-state index is -2.73. The summed E-state index contributed by atoms with van der Waals surface area (Å²) in [7, 11) is 0. The Morgan fingerprint density at radius 1 is 1.11 bits per heavy atom. The van der Waals surface area contributed by atoms with Crippen molar-refractivity contribution in [1.82, 2.24) is 10.6 Å². The number of hydrogen-bond donors (Lipinski definition) is 2. The van der Waals surface area contributed by atoms with Crippen molar-refractivity contribution in [3.8, 4) is 0 Å². The lowest BCUT2D eigenvalue weighted by Gasteiger charge is -2.22. The molecule has 1 aliphatic carbocycles. The number of rotatable bonds is 2. The number of amides is 1.